The highest BCUT2D eigenvalue weighted by molar-refractivity contribution is 7.99. The average Bonchev–Trinajstić information content (AvgIpc) is 2.49. The predicted octanol–water partition coefficient (Wildman–Crippen LogP) is 3.37. The van der Waals surface area contributed by atoms with Crippen LogP contribution in [0.2, 0.25) is 0 Å². The first-order valence-electron chi connectivity index (χ1n) is 7.07. The lowest BCUT2D eigenvalue weighted by molar-refractivity contribution is -0.120. The van der Waals surface area contributed by atoms with E-state index in [2.05, 4.69) is 5.32 Å². The van der Waals surface area contributed by atoms with Gasteiger partial charge in [-0.05, 0) is 36.2 Å². The van der Waals surface area contributed by atoms with Gasteiger partial charge < -0.3 is 10.4 Å². The number of carbonyl (C=O) groups excluding carboxylic acids is 1. The molecule has 116 valence electrons. The van der Waals surface area contributed by atoms with Crippen molar-refractivity contribution < 1.29 is 14.3 Å². The second kappa shape index (κ2) is 8.44. The minimum atomic E-state index is -0.253. The number of hydrogen-bond donors (Lipinski definition) is 2. The van der Waals surface area contributed by atoms with Crippen LogP contribution in [0.3, 0.4) is 0 Å². The van der Waals surface area contributed by atoms with Gasteiger partial charge in [0.25, 0.3) is 0 Å². The molecule has 0 heterocycles. The summed E-state index contributed by atoms with van der Waals surface area (Å²) >= 11 is 1.34. The molecule has 0 atom stereocenters. The molecule has 3 nitrogen and oxygen atoms in total. The first kappa shape index (κ1) is 16.4. The maximum absolute atomic E-state index is 13.4. The van der Waals surface area contributed by atoms with Crippen LogP contribution in [0.5, 0.6) is 5.75 Å². The summed E-state index contributed by atoms with van der Waals surface area (Å²) in [6, 6.07) is 13.5. The Morgan fingerprint density at radius 2 is 2.00 bits per heavy atom. The van der Waals surface area contributed by atoms with Crippen LogP contribution in [0, 0.1) is 5.82 Å². The Morgan fingerprint density at radius 1 is 1.18 bits per heavy atom. The second-order valence-corrected chi connectivity index (χ2v) is 5.94. The van der Waals surface area contributed by atoms with E-state index in [0.717, 1.165) is 5.56 Å². The Labute approximate surface area is 133 Å². The Morgan fingerprint density at radius 3 is 2.77 bits per heavy atom. The molecular weight excluding hydrogens is 301 g/mol. The van der Waals surface area contributed by atoms with Gasteiger partial charge in [-0.3, -0.25) is 4.79 Å². The Bertz CT molecular complexity index is 634. The summed E-state index contributed by atoms with van der Waals surface area (Å²) in [4.78, 5) is 12.3. The monoisotopic (exact) mass is 319 g/mol. The van der Waals surface area contributed by atoms with E-state index >= 15 is 0 Å². The van der Waals surface area contributed by atoms with Crippen LogP contribution in [-0.2, 0) is 11.2 Å². The van der Waals surface area contributed by atoms with Gasteiger partial charge in [0, 0.05) is 23.6 Å². The van der Waals surface area contributed by atoms with Gasteiger partial charge in [0.15, 0.2) is 0 Å². The minimum Gasteiger partial charge on any atom is -0.508 e. The SMILES string of the molecule is O=C(CCSc1ccccc1F)NCCc1cccc(O)c1. The van der Waals surface area contributed by atoms with Gasteiger partial charge in [-0.25, -0.2) is 4.39 Å². The molecular formula is C17H18FNO2S. The summed E-state index contributed by atoms with van der Waals surface area (Å²) in [6.45, 7) is 0.520. The first-order valence-corrected chi connectivity index (χ1v) is 8.05. The fraction of sp³-hybridized carbons (Fsp3) is 0.235. The third-order valence-corrected chi connectivity index (χ3v) is 4.12. The molecule has 0 unspecified atom stereocenters. The van der Waals surface area contributed by atoms with Crippen molar-refractivity contribution in [1.82, 2.24) is 5.32 Å². The molecule has 2 aromatic carbocycles. The van der Waals surface area contributed by atoms with Crippen LogP contribution in [0.25, 0.3) is 0 Å². The molecule has 0 fully saturated rings. The van der Waals surface area contributed by atoms with Crippen LogP contribution in [0.1, 0.15) is 12.0 Å². The van der Waals surface area contributed by atoms with E-state index in [-0.39, 0.29) is 17.5 Å². The number of phenols is 1. The number of benzene rings is 2. The maximum Gasteiger partial charge on any atom is 0.220 e. The lowest BCUT2D eigenvalue weighted by atomic mass is 10.1. The van der Waals surface area contributed by atoms with Crippen molar-refractivity contribution in [3.63, 3.8) is 0 Å². The van der Waals surface area contributed by atoms with Crippen molar-refractivity contribution in [3.8, 4) is 5.75 Å². The van der Waals surface area contributed by atoms with Crippen LogP contribution >= 0.6 is 11.8 Å². The second-order valence-electron chi connectivity index (χ2n) is 4.80. The quantitative estimate of drug-likeness (QED) is 0.769. The smallest absolute Gasteiger partial charge is 0.220 e. The van der Waals surface area contributed by atoms with Gasteiger partial charge in [0.05, 0.1) is 0 Å². The molecule has 0 spiro atoms. The minimum absolute atomic E-state index is 0.0519. The lowest BCUT2D eigenvalue weighted by Crippen LogP contribution is -2.25. The lowest BCUT2D eigenvalue weighted by Gasteiger charge is -2.06. The first-order chi connectivity index (χ1) is 10.6. The number of amides is 1. The highest BCUT2D eigenvalue weighted by Crippen LogP contribution is 2.21. The normalized spacial score (nSPS) is 10.4. The topological polar surface area (TPSA) is 49.3 Å². The van der Waals surface area contributed by atoms with E-state index < -0.39 is 0 Å². The average molecular weight is 319 g/mol. The van der Waals surface area contributed by atoms with Crippen LogP contribution in [0.15, 0.2) is 53.4 Å². The number of thioether (sulfide) groups is 1. The molecule has 0 saturated carbocycles. The Balaban J connectivity index is 1.65. The molecule has 2 N–H and O–H groups in total. The van der Waals surface area contributed by atoms with Gasteiger partial charge in [0.2, 0.25) is 5.91 Å². The number of phenolic OH excluding ortho intramolecular Hbond substituents is 1. The predicted molar refractivity (Wildman–Crippen MR) is 86.6 cm³/mol. The van der Waals surface area contributed by atoms with E-state index in [0.29, 0.717) is 30.0 Å². The molecule has 0 aromatic heterocycles. The largest absolute Gasteiger partial charge is 0.508 e. The number of nitrogens with one attached hydrogen (secondary N) is 1. The van der Waals surface area contributed by atoms with Crippen molar-refractivity contribution in [2.75, 3.05) is 12.3 Å². The van der Waals surface area contributed by atoms with Crippen molar-refractivity contribution in [2.45, 2.75) is 17.7 Å². The molecule has 0 radical (unpaired) electrons. The molecule has 1 amide bonds. The van der Waals surface area contributed by atoms with E-state index in [1.54, 1.807) is 36.4 Å². The molecule has 0 saturated heterocycles. The number of carbonyl (C=O) groups is 1. The third kappa shape index (κ3) is 5.41. The molecule has 2 rings (SSSR count). The van der Waals surface area contributed by atoms with Crippen LogP contribution in [-0.4, -0.2) is 23.3 Å². The zero-order chi connectivity index (χ0) is 15.8. The summed E-state index contributed by atoms with van der Waals surface area (Å²) in [5.74, 6) is 0.463. The van der Waals surface area contributed by atoms with Gasteiger partial charge >= 0.3 is 0 Å². The van der Waals surface area contributed by atoms with E-state index in [9.17, 15) is 14.3 Å². The van der Waals surface area contributed by atoms with Gasteiger partial charge in [-0.15, -0.1) is 11.8 Å². The van der Waals surface area contributed by atoms with Crippen molar-refractivity contribution in [3.05, 3.63) is 59.9 Å². The number of halogens is 1. The van der Waals surface area contributed by atoms with E-state index in [4.69, 9.17) is 0 Å². The zero-order valence-corrected chi connectivity index (χ0v) is 12.9. The van der Waals surface area contributed by atoms with E-state index in [1.165, 1.54) is 17.8 Å². The molecule has 22 heavy (non-hydrogen) atoms. The number of hydrogen-bond acceptors (Lipinski definition) is 3. The van der Waals surface area contributed by atoms with Crippen molar-refractivity contribution >= 4 is 17.7 Å². The van der Waals surface area contributed by atoms with Gasteiger partial charge in [0.1, 0.15) is 11.6 Å². The van der Waals surface area contributed by atoms with Gasteiger partial charge in [-0.1, -0.05) is 24.3 Å². The fourth-order valence-electron chi connectivity index (χ4n) is 1.96. The molecule has 0 aliphatic carbocycles. The Hall–Kier alpha value is -2.01. The molecule has 5 heteroatoms. The molecule has 2 aromatic rings. The van der Waals surface area contributed by atoms with Crippen molar-refractivity contribution in [2.24, 2.45) is 0 Å². The van der Waals surface area contributed by atoms with Crippen LogP contribution < -0.4 is 5.32 Å². The standard InChI is InChI=1S/C17H18FNO2S/c18-15-6-1-2-7-16(15)22-11-9-17(21)19-10-8-13-4-3-5-14(20)12-13/h1-7,12,20H,8-11H2,(H,19,21). The maximum atomic E-state index is 13.4. The molecule has 0 aliphatic rings. The highest BCUT2D eigenvalue weighted by atomic mass is 32.2. The highest BCUT2D eigenvalue weighted by Gasteiger charge is 2.05. The number of rotatable bonds is 7. The third-order valence-electron chi connectivity index (χ3n) is 3.07. The van der Waals surface area contributed by atoms with E-state index in [1.807, 2.05) is 6.07 Å². The summed E-state index contributed by atoms with van der Waals surface area (Å²) in [6.07, 6.45) is 1.01. The summed E-state index contributed by atoms with van der Waals surface area (Å²) in [5.41, 5.74) is 0.973. The molecule has 0 aliphatic heterocycles. The summed E-state index contributed by atoms with van der Waals surface area (Å²) in [5, 5.41) is 12.2. The zero-order valence-electron chi connectivity index (χ0n) is 12.1. The fourth-order valence-corrected chi connectivity index (χ4v) is 2.85. The van der Waals surface area contributed by atoms with Crippen LogP contribution in [0.4, 0.5) is 4.39 Å². The Kier molecular flexibility index (Phi) is 6.27. The van der Waals surface area contributed by atoms with Gasteiger partial charge in [-0.2, -0.15) is 0 Å². The summed E-state index contributed by atoms with van der Waals surface area (Å²) < 4.78 is 13.4. The van der Waals surface area contributed by atoms with Crippen molar-refractivity contribution in [1.29, 1.82) is 0 Å². The molecule has 0 bridgehead atoms. The summed E-state index contributed by atoms with van der Waals surface area (Å²) in [7, 11) is 0. The number of aromatic hydroxyl groups is 1.